The summed E-state index contributed by atoms with van der Waals surface area (Å²) in [6.45, 7) is 5.69. The Kier molecular flexibility index (Phi) is 4.95. The van der Waals surface area contributed by atoms with Crippen molar-refractivity contribution < 1.29 is 4.39 Å². The first-order valence-electron chi connectivity index (χ1n) is 6.52. The predicted molar refractivity (Wildman–Crippen MR) is 68.6 cm³/mol. The molecule has 2 nitrogen and oxygen atoms in total. The summed E-state index contributed by atoms with van der Waals surface area (Å²) >= 11 is 0. The van der Waals surface area contributed by atoms with E-state index in [-0.39, 0.29) is 5.82 Å². The van der Waals surface area contributed by atoms with E-state index in [0.29, 0.717) is 0 Å². The maximum atomic E-state index is 13.0. The van der Waals surface area contributed by atoms with Crippen LogP contribution in [0, 0.1) is 5.82 Å². The van der Waals surface area contributed by atoms with E-state index in [9.17, 15) is 4.39 Å². The minimum Gasteiger partial charge on any atom is -0.315 e. The maximum Gasteiger partial charge on any atom is 0.123 e. The fourth-order valence-corrected chi connectivity index (χ4v) is 2.32. The maximum absolute atomic E-state index is 13.0. The van der Waals surface area contributed by atoms with Gasteiger partial charge in [0.1, 0.15) is 5.82 Å². The number of halogens is 1. The second kappa shape index (κ2) is 6.72. The summed E-state index contributed by atoms with van der Waals surface area (Å²) in [6, 6.07) is 6.95. The molecule has 0 aromatic heterocycles. The summed E-state index contributed by atoms with van der Waals surface area (Å²) in [5.74, 6) is -0.124. The summed E-state index contributed by atoms with van der Waals surface area (Å²) in [6.07, 6.45) is 3.32. The van der Waals surface area contributed by atoms with Crippen LogP contribution >= 0.6 is 0 Å². The van der Waals surface area contributed by atoms with Crippen LogP contribution in [0.15, 0.2) is 24.3 Å². The first kappa shape index (κ1) is 12.5. The van der Waals surface area contributed by atoms with Crippen LogP contribution in [0.1, 0.15) is 18.4 Å². The van der Waals surface area contributed by atoms with E-state index in [0.717, 1.165) is 44.6 Å². The molecule has 1 heterocycles. The second-order valence-corrected chi connectivity index (χ2v) is 4.68. The fourth-order valence-electron chi connectivity index (χ4n) is 2.32. The third-order valence-electron chi connectivity index (χ3n) is 3.26. The lowest BCUT2D eigenvalue weighted by Crippen LogP contribution is -2.29. The number of nitrogens with zero attached hydrogens (tertiary/aromatic N) is 1. The average Bonchev–Trinajstić information content (AvgIpc) is 2.58. The Morgan fingerprint density at radius 3 is 3.06 bits per heavy atom. The van der Waals surface area contributed by atoms with Crippen molar-refractivity contribution in [3.63, 3.8) is 0 Å². The van der Waals surface area contributed by atoms with Gasteiger partial charge in [-0.2, -0.15) is 0 Å². The van der Waals surface area contributed by atoms with Crippen LogP contribution in [0.25, 0.3) is 0 Å². The molecule has 94 valence electrons. The molecule has 1 aromatic carbocycles. The number of nitrogens with one attached hydrogen (secondary N) is 1. The van der Waals surface area contributed by atoms with Crippen molar-refractivity contribution in [1.29, 1.82) is 0 Å². The van der Waals surface area contributed by atoms with Crippen molar-refractivity contribution in [2.45, 2.75) is 19.3 Å². The van der Waals surface area contributed by atoms with Gasteiger partial charge < -0.3 is 10.2 Å². The highest BCUT2D eigenvalue weighted by Crippen LogP contribution is 2.07. The molecule has 1 saturated heterocycles. The van der Waals surface area contributed by atoms with Gasteiger partial charge in [0.25, 0.3) is 0 Å². The van der Waals surface area contributed by atoms with Gasteiger partial charge in [-0.25, -0.2) is 4.39 Å². The van der Waals surface area contributed by atoms with Gasteiger partial charge in [0, 0.05) is 13.1 Å². The highest BCUT2D eigenvalue weighted by Gasteiger charge is 2.07. The number of benzene rings is 1. The van der Waals surface area contributed by atoms with Gasteiger partial charge in [-0.15, -0.1) is 0 Å². The van der Waals surface area contributed by atoms with Crippen molar-refractivity contribution in [3.8, 4) is 0 Å². The molecule has 0 amide bonds. The molecule has 1 aliphatic heterocycles. The van der Waals surface area contributed by atoms with Gasteiger partial charge in [-0.1, -0.05) is 12.1 Å². The monoisotopic (exact) mass is 236 g/mol. The molecule has 2 rings (SSSR count). The summed E-state index contributed by atoms with van der Waals surface area (Å²) < 4.78 is 13.0. The van der Waals surface area contributed by atoms with Gasteiger partial charge in [0.2, 0.25) is 0 Å². The molecule has 0 bridgehead atoms. The van der Waals surface area contributed by atoms with Crippen LogP contribution in [0.3, 0.4) is 0 Å². The number of aryl methyl sites for hydroxylation is 1. The summed E-state index contributed by atoms with van der Waals surface area (Å²) in [7, 11) is 0. The Balaban J connectivity index is 1.71. The molecule has 0 spiro atoms. The van der Waals surface area contributed by atoms with Gasteiger partial charge in [0.15, 0.2) is 0 Å². The van der Waals surface area contributed by atoms with Gasteiger partial charge in [0.05, 0.1) is 0 Å². The average molecular weight is 236 g/mol. The van der Waals surface area contributed by atoms with Crippen LogP contribution in [-0.4, -0.2) is 37.6 Å². The largest absolute Gasteiger partial charge is 0.315 e. The molecule has 1 fully saturated rings. The minimum absolute atomic E-state index is 0.124. The van der Waals surface area contributed by atoms with E-state index in [1.807, 2.05) is 6.07 Å². The summed E-state index contributed by atoms with van der Waals surface area (Å²) in [4.78, 5) is 2.50. The van der Waals surface area contributed by atoms with Crippen molar-refractivity contribution in [2.75, 3.05) is 32.7 Å². The number of hydrogen-bond acceptors (Lipinski definition) is 2. The molecular weight excluding hydrogens is 215 g/mol. The van der Waals surface area contributed by atoms with Crippen molar-refractivity contribution in [1.82, 2.24) is 10.2 Å². The quantitative estimate of drug-likeness (QED) is 0.861. The van der Waals surface area contributed by atoms with E-state index in [1.54, 1.807) is 12.1 Å². The van der Waals surface area contributed by atoms with Crippen LogP contribution in [0.4, 0.5) is 4.39 Å². The minimum atomic E-state index is -0.124. The van der Waals surface area contributed by atoms with Crippen LogP contribution in [-0.2, 0) is 6.42 Å². The molecule has 0 radical (unpaired) electrons. The molecule has 17 heavy (non-hydrogen) atoms. The van der Waals surface area contributed by atoms with Crippen LogP contribution < -0.4 is 5.32 Å². The lowest BCUT2D eigenvalue weighted by Gasteiger charge is -2.19. The molecule has 0 saturated carbocycles. The Labute approximate surface area is 103 Å². The zero-order valence-electron chi connectivity index (χ0n) is 10.3. The molecule has 1 N–H and O–H groups in total. The Morgan fingerprint density at radius 1 is 1.24 bits per heavy atom. The summed E-state index contributed by atoms with van der Waals surface area (Å²) in [5, 5.41) is 3.40. The molecule has 1 aromatic rings. The topological polar surface area (TPSA) is 15.3 Å². The lowest BCUT2D eigenvalue weighted by atomic mass is 10.1. The molecule has 3 heteroatoms. The van der Waals surface area contributed by atoms with Crippen molar-refractivity contribution >= 4 is 0 Å². The lowest BCUT2D eigenvalue weighted by molar-refractivity contribution is 0.289. The normalized spacial score (nSPS) is 17.9. The van der Waals surface area contributed by atoms with E-state index < -0.39 is 0 Å². The van der Waals surface area contributed by atoms with E-state index in [2.05, 4.69) is 10.2 Å². The standard InChI is InChI=1S/C14H21FN2/c15-14-6-1-4-13(12-14)5-2-9-17-10-3-7-16-8-11-17/h1,4,6,12,16H,2-3,5,7-11H2. The molecular formula is C14H21FN2. The van der Waals surface area contributed by atoms with E-state index >= 15 is 0 Å². The van der Waals surface area contributed by atoms with Crippen molar-refractivity contribution in [2.24, 2.45) is 0 Å². The van der Waals surface area contributed by atoms with Crippen molar-refractivity contribution in [3.05, 3.63) is 35.6 Å². The first-order valence-corrected chi connectivity index (χ1v) is 6.52. The Hall–Kier alpha value is -0.930. The third-order valence-corrected chi connectivity index (χ3v) is 3.26. The Bertz CT molecular complexity index is 333. The van der Waals surface area contributed by atoms with Crippen LogP contribution in [0.5, 0.6) is 0 Å². The third kappa shape index (κ3) is 4.44. The van der Waals surface area contributed by atoms with Gasteiger partial charge in [-0.05, 0) is 56.6 Å². The van der Waals surface area contributed by atoms with Crippen LogP contribution in [0.2, 0.25) is 0 Å². The second-order valence-electron chi connectivity index (χ2n) is 4.68. The zero-order chi connectivity index (χ0) is 11.9. The van der Waals surface area contributed by atoms with E-state index in [1.165, 1.54) is 19.0 Å². The molecule has 0 atom stereocenters. The highest BCUT2D eigenvalue weighted by molar-refractivity contribution is 5.16. The summed E-state index contributed by atoms with van der Waals surface area (Å²) in [5.41, 5.74) is 1.11. The predicted octanol–water partition coefficient (Wildman–Crippen LogP) is 2.05. The molecule has 0 unspecified atom stereocenters. The highest BCUT2D eigenvalue weighted by atomic mass is 19.1. The number of rotatable bonds is 4. The smallest absolute Gasteiger partial charge is 0.123 e. The number of hydrogen-bond donors (Lipinski definition) is 1. The zero-order valence-corrected chi connectivity index (χ0v) is 10.3. The van der Waals surface area contributed by atoms with Gasteiger partial charge in [-0.3, -0.25) is 0 Å². The molecule has 1 aliphatic rings. The fraction of sp³-hybridized carbons (Fsp3) is 0.571. The molecule has 0 aliphatic carbocycles. The van der Waals surface area contributed by atoms with Gasteiger partial charge >= 0.3 is 0 Å². The Morgan fingerprint density at radius 2 is 2.18 bits per heavy atom. The van der Waals surface area contributed by atoms with E-state index in [4.69, 9.17) is 0 Å². The SMILES string of the molecule is Fc1cccc(CCCN2CCCNCC2)c1. The first-order chi connectivity index (χ1) is 8.34.